The van der Waals surface area contributed by atoms with E-state index in [0.717, 1.165) is 6.42 Å². The van der Waals surface area contributed by atoms with Gasteiger partial charge in [0.05, 0.1) is 6.54 Å². The Kier molecular flexibility index (Phi) is 8.87. The van der Waals surface area contributed by atoms with E-state index in [0.29, 0.717) is 41.4 Å². The average molecular weight is 566 g/mol. The first-order valence-corrected chi connectivity index (χ1v) is 9.70. The number of pyridine rings is 1. The topological polar surface area (TPSA) is 52.6 Å². The number of nitrogens with one attached hydrogen (secondary N) is 2. The summed E-state index contributed by atoms with van der Waals surface area (Å²) in [5.41, 5.74) is 0.527. The Morgan fingerprint density at radius 3 is 2.86 bits per heavy atom. The molecule has 0 amide bonds. The maximum Gasteiger partial charge on any atom is 0.191 e. The number of aromatic nitrogens is 1. The SMILES string of the molecule is CCNC(=NCc1ccc(Br)cc1F)NC1CCN(c2ncccc2F)C1.I. The van der Waals surface area contributed by atoms with E-state index in [1.807, 2.05) is 11.8 Å². The molecule has 0 saturated carbocycles. The molecule has 1 unspecified atom stereocenters. The summed E-state index contributed by atoms with van der Waals surface area (Å²) >= 11 is 3.25. The van der Waals surface area contributed by atoms with Crippen molar-refractivity contribution in [3.63, 3.8) is 0 Å². The number of guanidine groups is 1. The van der Waals surface area contributed by atoms with Gasteiger partial charge in [-0.2, -0.15) is 0 Å². The van der Waals surface area contributed by atoms with Gasteiger partial charge in [0, 0.05) is 41.9 Å². The minimum absolute atomic E-state index is 0. The molecule has 1 aromatic heterocycles. The number of hydrogen-bond donors (Lipinski definition) is 2. The average Bonchev–Trinajstić information content (AvgIpc) is 3.09. The number of aliphatic imine (C=N–C) groups is 1. The minimum Gasteiger partial charge on any atom is -0.357 e. The Labute approximate surface area is 189 Å². The number of halogens is 4. The molecule has 0 bridgehead atoms. The molecule has 2 N–H and O–H groups in total. The van der Waals surface area contributed by atoms with E-state index in [-0.39, 0.29) is 48.2 Å². The van der Waals surface area contributed by atoms with Gasteiger partial charge >= 0.3 is 0 Å². The Morgan fingerprint density at radius 1 is 1.32 bits per heavy atom. The van der Waals surface area contributed by atoms with Crippen LogP contribution in [0.15, 0.2) is 46.0 Å². The van der Waals surface area contributed by atoms with Gasteiger partial charge in [-0.3, -0.25) is 0 Å². The Hall–Kier alpha value is -1.49. The Morgan fingerprint density at radius 2 is 2.14 bits per heavy atom. The monoisotopic (exact) mass is 565 g/mol. The van der Waals surface area contributed by atoms with Crippen LogP contribution < -0.4 is 15.5 Å². The second kappa shape index (κ2) is 10.9. The summed E-state index contributed by atoms with van der Waals surface area (Å²) in [5, 5.41) is 6.53. The predicted molar refractivity (Wildman–Crippen MR) is 122 cm³/mol. The second-order valence-electron chi connectivity index (χ2n) is 6.32. The number of rotatable bonds is 5. The van der Waals surface area contributed by atoms with Gasteiger partial charge in [-0.1, -0.05) is 22.0 Å². The summed E-state index contributed by atoms with van der Waals surface area (Å²) in [5.74, 6) is 0.389. The summed E-state index contributed by atoms with van der Waals surface area (Å²) < 4.78 is 28.6. The quantitative estimate of drug-likeness (QED) is 0.326. The number of hydrogen-bond acceptors (Lipinski definition) is 3. The maximum absolute atomic E-state index is 14.0. The van der Waals surface area contributed by atoms with Crippen molar-refractivity contribution < 1.29 is 8.78 Å². The molecule has 152 valence electrons. The Bertz CT molecular complexity index is 821. The zero-order valence-electron chi connectivity index (χ0n) is 15.5. The molecule has 2 aromatic rings. The van der Waals surface area contributed by atoms with Crippen LogP contribution in [0.5, 0.6) is 0 Å². The van der Waals surface area contributed by atoms with Crippen molar-refractivity contribution in [3.05, 3.63) is 58.2 Å². The van der Waals surface area contributed by atoms with Crippen molar-refractivity contribution in [2.45, 2.75) is 25.9 Å². The first kappa shape index (κ1) is 22.8. The fourth-order valence-corrected chi connectivity index (χ4v) is 3.34. The summed E-state index contributed by atoms with van der Waals surface area (Å²) in [6.45, 7) is 4.25. The predicted octanol–water partition coefficient (Wildman–Crippen LogP) is 4.07. The van der Waals surface area contributed by atoms with Crippen LogP contribution >= 0.6 is 39.9 Å². The highest BCUT2D eigenvalue weighted by Gasteiger charge is 2.25. The molecule has 1 atom stereocenters. The third-order valence-corrected chi connectivity index (χ3v) is 4.83. The third-order valence-electron chi connectivity index (χ3n) is 4.33. The fourth-order valence-electron chi connectivity index (χ4n) is 3.01. The highest BCUT2D eigenvalue weighted by Crippen LogP contribution is 2.21. The molecular formula is C19H23BrF2IN5. The van der Waals surface area contributed by atoms with Crippen LogP contribution in [-0.4, -0.2) is 36.6 Å². The van der Waals surface area contributed by atoms with Crippen LogP contribution in [0, 0.1) is 11.6 Å². The molecule has 0 spiro atoms. The molecule has 0 radical (unpaired) electrons. The van der Waals surface area contributed by atoms with E-state index in [9.17, 15) is 8.78 Å². The molecule has 1 saturated heterocycles. The van der Waals surface area contributed by atoms with E-state index < -0.39 is 0 Å². The van der Waals surface area contributed by atoms with E-state index >= 15 is 0 Å². The van der Waals surface area contributed by atoms with Crippen LogP contribution in [0.2, 0.25) is 0 Å². The van der Waals surface area contributed by atoms with Crippen LogP contribution in [0.4, 0.5) is 14.6 Å². The summed E-state index contributed by atoms with van der Waals surface area (Å²) in [6, 6.07) is 8.06. The lowest BCUT2D eigenvalue weighted by molar-refractivity contribution is 0.607. The third kappa shape index (κ3) is 6.00. The van der Waals surface area contributed by atoms with Crippen LogP contribution in [0.25, 0.3) is 0 Å². The lowest BCUT2D eigenvalue weighted by Crippen LogP contribution is -2.44. The molecule has 2 heterocycles. The van der Waals surface area contributed by atoms with Gasteiger partial charge in [-0.15, -0.1) is 24.0 Å². The van der Waals surface area contributed by atoms with Crippen molar-refractivity contribution >= 4 is 51.7 Å². The van der Waals surface area contributed by atoms with Gasteiger partial charge in [-0.05, 0) is 37.6 Å². The van der Waals surface area contributed by atoms with Gasteiger partial charge in [0.15, 0.2) is 17.6 Å². The number of benzene rings is 1. The normalized spacial score (nSPS) is 16.6. The number of nitrogens with zero attached hydrogens (tertiary/aromatic N) is 3. The molecule has 1 aliphatic heterocycles. The molecule has 3 rings (SSSR count). The van der Waals surface area contributed by atoms with Crippen molar-refractivity contribution in [2.75, 3.05) is 24.5 Å². The van der Waals surface area contributed by atoms with Crippen molar-refractivity contribution in [2.24, 2.45) is 4.99 Å². The highest BCUT2D eigenvalue weighted by atomic mass is 127. The molecule has 5 nitrogen and oxygen atoms in total. The summed E-state index contributed by atoms with van der Waals surface area (Å²) in [6.07, 6.45) is 2.44. The molecular weight excluding hydrogens is 543 g/mol. The van der Waals surface area contributed by atoms with E-state index in [4.69, 9.17) is 0 Å². The highest BCUT2D eigenvalue weighted by molar-refractivity contribution is 14.0. The maximum atomic E-state index is 14.0. The van der Waals surface area contributed by atoms with Crippen molar-refractivity contribution in [3.8, 4) is 0 Å². The summed E-state index contributed by atoms with van der Waals surface area (Å²) in [7, 11) is 0. The van der Waals surface area contributed by atoms with Gasteiger partial charge in [0.25, 0.3) is 0 Å². The zero-order valence-corrected chi connectivity index (χ0v) is 19.4. The van der Waals surface area contributed by atoms with Crippen LogP contribution in [-0.2, 0) is 6.54 Å². The largest absolute Gasteiger partial charge is 0.357 e. The first-order valence-electron chi connectivity index (χ1n) is 8.91. The first-order chi connectivity index (χ1) is 13.1. The smallest absolute Gasteiger partial charge is 0.191 e. The van der Waals surface area contributed by atoms with E-state index in [1.165, 1.54) is 12.1 Å². The standard InChI is InChI=1S/C19H22BrF2N5.HI/c1-2-23-19(25-11-13-5-6-14(20)10-17(13)22)26-15-7-9-27(12-15)18-16(21)4-3-8-24-18;/h3-6,8,10,15H,2,7,9,11-12H2,1H3,(H2,23,25,26);1H. The summed E-state index contributed by atoms with van der Waals surface area (Å²) in [4.78, 5) is 10.5. The van der Waals surface area contributed by atoms with Crippen LogP contribution in [0.3, 0.4) is 0 Å². The minimum atomic E-state index is -0.315. The molecule has 9 heteroatoms. The van der Waals surface area contributed by atoms with Gasteiger partial charge in [0.2, 0.25) is 0 Å². The number of anilines is 1. The molecule has 0 aliphatic carbocycles. The zero-order chi connectivity index (χ0) is 19.2. The second-order valence-corrected chi connectivity index (χ2v) is 7.23. The van der Waals surface area contributed by atoms with E-state index in [1.54, 1.807) is 24.4 Å². The molecule has 28 heavy (non-hydrogen) atoms. The Balaban J connectivity index is 0.00000280. The van der Waals surface area contributed by atoms with Gasteiger partial charge in [0.1, 0.15) is 5.82 Å². The molecule has 1 fully saturated rings. The molecule has 1 aromatic carbocycles. The lowest BCUT2D eigenvalue weighted by atomic mass is 10.2. The van der Waals surface area contributed by atoms with Gasteiger partial charge < -0.3 is 15.5 Å². The lowest BCUT2D eigenvalue weighted by Gasteiger charge is -2.20. The fraction of sp³-hybridized carbons (Fsp3) is 0.368. The molecule has 1 aliphatic rings. The van der Waals surface area contributed by atoms with Crippen molar-refractivity contribution in [1.82, 2.24) is 15.6 Å². The van der Waals surface area contributed by atoms with Gasteiger partial charge in [-0.25, -0.2) is 18.8 Å². The van der Waals surface area contributed by atoms with Crippen molar-refractivity contribution in [1.29, 1.82) is 0 Å². The van der Waals surface area contributed by atoms with E-state index in [2.05, 4.69) is 36.5 Å². The van der Waals surface area contributed by atoms with Crippen LogP contribution in [0.1, 0.15) is 18.9 Å².